The first-order chi connectivity index (χ1) is 8.75. The van der Waals surface area contributed by atoms with Crippen LogP contribution in [-0.2, 0) is 0 Å². The third kappa shape index (κ3) is 2.03. The summed E-state index contributed by atoms with van der Waals surface area (Å²) in [6, 6.07) is 7.67. The molecule has 0 bridgehead atoms. The van der Waals surface area contributed by atoms with E-state index in [9.17, 15) is 4.39 Å². The number of hydrogen-bond acceptors (Lipinski definition) is 2. The van der Waals surface area contributed by atoms with Crippen LogP contribution >= 0.6 is 0 Å². The molecule has 3 rings (SSSR count). The number of para-hydroxylation sites is 1. The van der Waals surface area contributed by atoms with Crippen molar-refractivity contribution in [3.8, 4) is 0 Å². The van der Waals surface area contributed by atoms with E-state index in [1.807, 2.05) is 31.2 Å². The van der Waals surface area contributed by atoms with E-state index in [4.69, 9.17) is 4.42 Å². The fraction of sp³-hybridized carbons (Fsp3) is 0.467. The quantitative estimate of drug-likeness (QED) is 0.870. The van der Waals surface area contributed by atoms with Crippen molar-refractivity contribution >= 4 is 11.0 Å². The van der Waals surface area contributed by atoms with Crippen LogP contribution in [0.3, 0.4) is 0 Å². The first-order valence-electron chi connectivity index (χ1n) is 6.62. The van der Waals surface area contributed by atoms with Crippen molar-refractivity contribution in [2.75, 3.05) is 6.54 Å². The van der Waals surface area contributed by atoms with Crippen molar-refractivity contribution in [3.05, 3.63) is 35.6 Å². The summed E-state index contributed by atoms with van der Waals surface area (Å²) in [5.74, 6) is 0.457. The first kappa shape index (κ1) is 11.7. The predicted molar refractivity (Wildman–Crippen MR) is 70.4 cm³/mol. The average molecular weight is 247 g/mol. The number of rotatable bonds is 2. The van der Waals surface area contributed by atoms with Crippen LogP contribution in [0.5, 0.6) is 0 Å². The monoisotopic (exact) mass is 247 g/mol. The van der Waals surface area contributed by atoms with Crippen molar-refractivity contribution in [1.29, 1.82) is 0 Å². The number of piperidine rings is 1. The minimum atomic E-state index is -1.04. The Bertz CT molecular complexity index is 542. The second-order valence-electron chi connectivity index (χ2n) is 5.10. The van der Waals surface area contributed by atoms with Gasteiger partial charge in [0.15, 0.2) is 6.17 Å². The van der Waals surface area contributed by atoms with E-state index in [0.29, 0.717) is 5.76 Å². The van der Waals surface area contributed by atoms with Gasteiger partial charge >= 0.3 is 0 Å². The molecule has 1 aliphatic rings. The molecule has 1 fully saturated rings. The highest BCUT2D eigenvalue weighted by Crippen LogP contribution is 2.32. The van der Waals surface area contributed by atoms with Gasteiger partial charge in [-0.1, -0.05) is 24.6 Å². The van der Waals surface area contributed by atoms with Gasteiger partial charge in [-0.05, 0) is 37.9 Å². The Hall–Kier alpha value is -1.35. The molecule has 2 atom stereocenters. The Kier molecular flexibility index (Phi) is 3.08. The van der Waals surface area contributed by atoms with E-state index >= 15 is 0 Å². The highest BCUT2D eigenvalue weighted by Gasteiger charge is 2.27. The summed E-state index contributed by atoms with van der Waals surface area (Å²) in [5.41, 5.74) is 1.87. The lowest BCUT2D eigenvalue weighted by Crippen LogP contribution is -2.37. The molecule has 0 amide bonds. The second kappa shape index (κ2) is 4.73. The van der Waals surface area contributed by atoms with E-state index in [2.05, 4.69) is 5.32 Å². The predicted octanol–water partition coefficient (Wildman–Crippen LogP) is 3.89. The summed E-state index contributed by atoms with van der Waals surface area (Å²) in [5, 5.41) is 4.23. The summed E-state index contributed by atoms with van der Waals surface area (Å²) in [6.45, 7) is 2.89. The number of nitrogens with one attached hydrogen (secondary N) is 1. The topological polar surface area (TPSA) is 25.2 Å². The molecule has 2 unspecified atom stereocenters. The van der Waals surface area contributed by atoms with E-state index < -0.39 is 6.17 Å². The summed E-state index contributed by atoms with van der Waals surface area (Å²) >= 11 is 0. The SMILES string of the molecule is Cc1cccc2cc(C(F)C3CCCCN3)oc12. The molecule has 1 saturated heterocycles. The minimum absolute atomic E-state index is 0.0976. The van der Waals surface area contributed by atoms with Crippen molar-refractivity contribution < 1.29 is 8.81 Å². The summed E-state index contributed by atoms with van der Waals surface area (Å²) in [4.78, 5) is 0. The van der Waals surface area contributed by atoms with Crippen LogP contribution in [0.2, 0.25) is 0 Å². The standard InChI is InChI=1S/C15H18FNO/c1-10-5-4-6-11-9-13(18-15(10)11)14(16)12-7-2-3-8-17-12/h4-6,9,12,14,17H,2-3,7-8H2,1H3. The van der Waals surface area contributed by atoms with Crippen molar-refractivity contribution in [1.82, 2.24) is 5.32 Å². The van der Waals surface area contributed by atoms with Crippen molar-refractivity contribution in [2.24, 2.45) is 0 Å². The molecule has 2 heterocycles. The highest BCUT2D eigenvalue weighted by molar-refractivity contribution is 5.80. The normalized spacial score (nSPS) is 22.2. The lowest BCUT2D eigenvalue weighted by molar-refractivity contribution is 0.195. The molecule has 0 aliphatic carbocycles. The second-order valence-corrected chi connectivity index (χ2v) is 5.10. The Morgan fingerprint density at radius 3 is 3.00 bits per heavy atom. The molecule has 0 radical (unpaired) electrons. The molecule has 0 spiro atoms. The smallest absolute Gasteiger partial charge is 0.173 e. The molecule has 3 heteroatoms. The van der Waals surface area contributed by atoms with Crippen LogP contribution < -0.4 is 5.32 Å². The van der Waals surface area contributed by atoms with E-state index in [1.165, 1.54) is 0 Å². The molecular formula is C15H18FNO. The van der Waals surface area contributed by atoms with Gasteiger partial charge in [0.1, 0.15) is 11.3 Å². The minimum Gasteiger partial charge on any atom is -0.458 e. The summed E-state index contributed by atoms with van der Waals surface area (Å²) < 4.78 is 20.1. The van der Waals surface area contributed by atoms with Crippen molar-refractivity contribution in [3.63, 3.8) is 0 Å². The Labute approximate surface area is 106 Å². The molecule has 2 nitrogen and oxygen atoms in total. The van der Waals surface area contributed by atoms with E-state index in [-0.39, 0.29) is 6.04 Å². The number of furan rings is 1. The third-order valence-electron chi connectivity index (χ3n) is 3.73. The fourth-order valence-corrected chi connectivity index (χ4v) is 2.69. The van der Waals surface area contributed by atoms with E-state index in [1.54, 1.807) is 0 Å². The molecule has 0 saturated carbocycles. The number of alkyl halides is 1. The lowest BCUT2D eigenvalue weighted by Gasteiger charge is -2.25. The zero-order valence-corrected chi connectivity index (χ0v) is 10.6. The van der Waals surface area contributed by atoms with Gasteiger partial charge in [-0.15, -0.1) is 0 Å². The van der Waals surface area contributed by atoms with Gasteiger partial charge in [0, 0.05) is 11.4 Å². The van der Waals surface area contributed by atoms with Crippen molar-refractivity contribution in [2.45, 2.75) is 38.4 Å². The fourth-order valence-electron chi connectivity index (χ4n) is 2.69. The number of aryl methyl sites for hydroxylation is 1. The summed E-state index contributed by atoms with van der Waals surface area (Å²) in [7, 11) is 0. The van der Waals surface area contributed by atoms with Gasteiger partial charge in [0.05, 0.1) is 0 Å². The Morgan fingerprint density at radius 1 is 1.39 bits per heavy atom. The van der Waals surface area contributed by atoms with Gasteiger partial charge in [-0.2, -0.15) is 0 Å². The van der Waals surface area contributed by atoms with E-state index in [0.717, 1.165) is 42.3 Å². The van der Waals surface area contributed by atoms with Crippen LogP contribution in [0, 0.1) is 6.92 Å². The number of halogens is 1. The van der Waals surface area contributed by atoms with Gasteiger partial charge in [-0.25, -0.2) is 4.39 Å². The third-order valence-corrected chi connectivity index (χ3v) is 3.73. The maximum Gasteiger partial charge on any atom is 0.173 e. The molecule has 2 aromatic rings. The van der Waals surface area contributed by atoms with Gasteiger partial charge in [0.25, 0.3) is 0 Å². The zero-order valence-electron chi connectivity index (χ0n) is 10.6. The zero-order chi connectivity index (χ0) is 12.5. The Morgan fingerprint density at radius 2 is 2.28 bits per heavy atom. The maximum absolute atomic E-state index is 14.4. The van der Waals surface area contributed by atoms with Crippen LogP contribution in [-0.4, -0.2) is 12.6 Å². The van der Waals surface area contributed by atoms with Gasteiger partial charge in [0.2, 0.25) is 0 Å². The molecule has 18 heavy (non-hydrogen) atoms. The largest absolute Gasteiger partial charge is 0.458 e. The number of benzene rings is 1. The maximum atomic E-state index is 14.4. The van der Waals surface area contributed by atoms with Crippen LogP contribution in [0.15, 0.2) is 28.7 Å². The number of hydrogen-bond donors (Lipinski definition) is 1. The van der Waals surface area contributed by atoms with Crippen LogP contribution in [0.1, 0.15) is 36.8 Å². The van der Waals surface area contributed by atoms with Crippen LogP contribution in [0.4, 0.5) is 4.39 Å². The van der Waals surface area contributed by atoms with Crippen LogP contribution in [0.25, 0.3) is 11.0 Å². The lowest BCUT2D eigenvalue weighted by atomic mass is 9.99. The molecule has 1 aliphatic heterocycles. The first-order valence-corrected chi connectivity index (χ1v) is 6.62. The number of fused-ring (bicyclic) bond motifs is 1. The molecule has 1 aromatic heterocycles. The molecule has 1 N–H and O–H groups in total. The average Bonchev–Trinajstić information content (AvgIpc) is 2.84. The van der Waals surface area contributed by atoms with Gasteiger partial charge in [-0.3, -0.25) is 0 Å². The summed E-state index contributed by atoms with van der Waals surface area (Å²) in [6.07, 6.45) is 2.08. The highest BCUT2D eigenvalue weighted by atomic mass is 19.1. The Balaban J connectivity index is 1.91. The molecule has 96 valence electrons. The molecule has 1 aromatic carbocycles. The van der Waals surface area contributed by atoms with Gasteiger partial charge < -0.3 is 9.73 Å². The molecular weight excluding hydrogens is 229 g/mol.